The fraction of sp³-hybridized carbons (Fsp3) is 0.447. The number of carbonyl (C=O) groups is 4. The van der Waals surface area contributed by atoms with Crippen LogP contribution in [-0.2, 0) is 42.4 Å². The lowest BCUT2D eigenvalue weighted by molar-refractivity contribution is -0.132. The first-order chi connectivity index (χ1) is 26.0. The zero-order chi connectivity index (χ0) is 42.3. The summed E-state index contributed by atoms with van der Waals surface area (Å²) in [6.45, 7) is 10.9. The number of ether oxygens (including phenoxy) is 2. The van der Waals surface area contributed by atoms with E-state index in [1.165, 1.54) is 14.2 Å². The highest BCUT2D eigenvalue weighted by Crippen LogP contribution is 2.23. The normalized spacial score (nSPS) is 13.5. The van der Waals surface area contributed by atoms with Crippen molar-refractivity contribution in [3.05, 3.63) is 90.1 Å². The lowest BCUT2D eigenvalue weighted by Gasteiger charge is -2.35. The van der Waals surface area contributed by atoms with Crippen LogP contribution in [0.15, 0.2) is 79.0 Å². The van der Waals surface area contributed by atoms with Crippen molar-refractivity contribution in [2.24, 2.45) is 10.8 Å². The number of amides is 4. The monoisotopic (exact) mass is 838 g/mol. The Labute approximate surface area is 340 Å². The van der Waals surface area contributed by atoms with Gasteiger partial charge in [0.25, 0.3) is 5.91 Å². The Bertz CT molecular complexity index is 1820. The molecule has 0 saturated heterocycles. The summed E-state index contributed by atoms with van der Waals surface area (Å²) in [5.41, 5.74) is 4.88. The number of methoxy groups -OCH3 is 2. The first-order valence-electron chi connectivity index (χ1n) is 17.5. The summed E-state index contributed by atoms with van der Waals surface area (Å²) in [5, 5.41) is 21.6. The van der Waals surface area contributed by atoms with Gasteiger partial charge < -0.3 is 30.5 Å². The Balaban J connectivity index is 0.00000254. The molecule has 0 saturated carbocycles. The largest absolute Gasteiger partial charge is 0.453 e. The van der Waals surface area contributed by atoms with Crippen molar-refractivity contribution in [3.63, 3.8) is 0 Å². The van der Waals surface area contributed by atoms with Gasteiger partial charge in [0.05, 0.1) is 32.1 Å². The molecular formula is C38H55ClN6O11S. The molecule has 0 aliphatic heterocycles. The zero-order valence-electron chi connectivity index (χ0n) is 33.3. The fourth-order valence-electron chi connectivity index (χ4n) is 5.38. The maximum atomic E-state index is 13.8. The van der Waals surface area contributed by atoms with Crippen molar-refractivity contribution in [3.8, 4) is 11.3 Å². The van der Waals surface area contributed by atoms with E-state index in [0.29, 0.717) is 0 Å². The molecule has 1 heterocycles. The van der Waals surface area contributed by atoms with Crippen LogP contribution in [-0.4, -0.2) is 102 Å². The van der Waals surface area contributed by atoms with E-state index in [9.17, 15) is 24.3 Å². The molecule has 1 aromatic heterocycles. The highest BCUT2D eigenvalue weighted by Gasteiger charge is 2.37. The van der Waals surface area contributed by atoms with E-state index < -0.39 is 69.5 Å². The average Bonchev–Trinajstić information content (AvgIpc) is 3.11. The second kappa shape index (κ2) is 22.8. The van der Waals surface area contributed by atoms with Crippen molar-refractivity contribution < 1.29 is 51.3 Å². The SMILES string of the molecule is COC(=O)N[C@H](C(=O)N[C@@H](Cc1ccccc1)[C@@H](O)CN(Cc1ccc(-c2ccccn2)cc1)NC(=O)[C@@H](NC(=O)OC)C(C)(C)C)C(C)(C)C.Cl.O=S(=O)(O)O. The van der Waals surface area contributed by atoms with Crippen LogP contribution in [0, 0.1) is 10.8 Å². The number of aromatic nitrogens is 1. The van der Waals surface area contributed by atoms with E-state index in [1.54, 1.807) is 32.0 Å². The van der Waals surface area contributed by atoms with Crippen molar-refractivity contribution >= 4 is 46.8 Å². The number of nitrogens with zero attached hydrogens (tertiary/aromatic N) is 2. The molecule has 4 atom stereocenters. The van der Waals surface area contributed by atoms with Gasteiger partial charge in [0.15, 0.2) is 0 Å². The molecule has 19 heteroatoms. The topological polar surface area (TPSA) is 246 Å². The molecule has 0 aliphatic rings. The highest BCUT2D eigenvalue weighted by molar-refractivity contribution is 7.79. The van der Waals surface area contributed by atoms with Gasteiger partial charge in [-0.1, -0.05) is 102 Å². The zero-order valence-corrected chi connectivity index (χ0v) is 34.9. The van der Waals surface area contributed by atoms with Crippen molar-refractivity contribution in [2.75, 3.05) is 20.8 Å². The van der Waals surface area contributed by atoms with E-state index in [-0.39, 0.29) is 31.9 Å². The number of hydrogen-bond donors (Lipinski definition) is 7. The smallest absolute Gasteiger partial charge is 0.407 e. The molecule has 0 bridgehead atoms. The summed E-state index contributed by atoms with van der Waals surface area (Å²) in [5.74, 6) is -1.03. The van der Waals surface area contributed by atoms with E-state index >= 15 is 0 Å². The predicted octanol–water partition coefficient (Wildman–Crippen LogP) is 3.98. The number of aliphatic hydroxyl groups is 1. The standard InChI is InChI=1S/C38H52N6O7.ClH.H2O4S/c1-37(2,3)31(41-35(48)50-7)33(46)40-29(22-25-14-10-9-11-15-25)30(45)24-44(43-34(47)32(38(4,5)6)42-36(49)51-8)23-26-17-19-27(20-18-26)28-16-12-13-21-39-28;;1-5(2,3)4/h9-21,29-32,45H,22-24H2,1-8H3,(H,40,46)(H,41,48)(H,42,49)(H,43,47);1H;(H2,1,2,3,4)/t29-,30-,31+,32+;;/m0../s1. The molecule has 17 nitrogen and oxygen atoms in total. The van der Waals surface area contributed by atoms with Gasteiger partial charge in [0.1, 0.15) is 12.1 Å². The summed E-state index contributed by atoms with van der Waals surface area (Å²) in [6, 6.07) is 19.8. The molecule has 57 heavy (non-hydrogen) atoms. The summed E-state index contributed by atoms with van der Waals surface area (Å²) < 4.78 is 41.1. The number of hydrazine groups is 1. The Morgan fingerprint density at radius 3 is 1.68 bits per heavy atom. The van der Waals surface area contributed by atoms with Gasteiger partial charge >= 0.3 is 22.6 Å². The van der Waals surface area contributed by atoms with Gasteiger partial charge in [-0.15, -0.1) is 12.4 Å². The van der Waals surface area contributed by atoms with Crippen LogP contribution in [0.25, 0.3) is 11.3 Å². The lowest BCUT2D eigenvalue weighted by atomic mass is 9.85. The minimum Gasteiger partial charge on any atom is -0.453 e. The lowest BCUT2D eigenvalue weighted by Crippen LogP contribution is -2.60. The minimum absolute atomic E-state index is 0. The van der Waals surface area contributed by atoms with Crippen LogP contribution in [0.1, 0.15) is 52.7 Å². The molecule has 316 valence electrons. The summed E-state index contributed by atoms with van der Waals surface area (Å²) in [6.07, 6.45) is -0.778. The van der Waals surface area contributed by atoms with E-state index in [2.05, 4.69) is 26.4 Å². The molecule has 3 rings (SSSR count). The van der Waals surface area contributed by atoms with Crippen LogP contribution in [0.2, 0.25) is 0 Å². The number of halogens is 1. The number of benzene rings is 2. The van der Waals surface area contributed by atoms with E-state index in [1.807, 2.05) is 93.6 Å². The third-order valence-electron chi connectivity index (χ3n) is 8.21. The van der Waals surface area contributed by atoms with Gasteiger partial charge in [-0.2, -0.15) is 8.42 Å². The van der Waals surface area contributed by atoms with Crippen LogP contribution >= 0.6 is 12.4 Å². The van der Waals surface area contributed by atoms with Crippen LogP contribution < -0.4 is 21.4 Å². The minimum atomic E-state index is -4.67. The number of pyridine rings is 1. The Morgan fingerprint density at radius 2 is 1.23 bits per heavy atom. The quantitative estimate of drug-likeness (QED) is 0.0899. The Morgan fingerprint density at radius 1 is 0.737 bits per heavy atom. The van der Waals surface area contributed by atoms with Crippen molar-refractivity contribution in [2.45, 2.75) is 78.7 Å². The van der Waals surface area contributed by atoms with Crippen LogP contribution in [0.4, 0.5) is 9.59 Å². The molecule has 4 amide bonds. The molecular weight excluding hydrogens is 784 g/mol. The molecule has 7 N–H and O–H groups in total. The maximum Gasteiger partial charge on any atom is 0.407 e. The summed E-state index contributed by atoms with van der Waals surface area (Å²) in [7, 11) is -2.23. The Kier molecular flexibility index (Phi) is 20.0. The van der Waals surface area contributed by atoms with Gasteiger partial charge in [-0.3, -0.25) is 29.1 Å². The number of aliphatic hydroxyl groups excluding tert-OH is 1. The number of rotatable bonds is 14. The molecule has 0 fully saturated rings. The van der Waals surface area contributed by atoms with Crippen molar-refractivity contribution in [1.29, 1.82) is 0 Å². The number of hydrogen-bond acceptors (Lipinski definition) is 11. The van der Waals surface area contributed by atoms with Gasteiger partial charge in [-0.25, -0.2) is 14.6 Å². The highest BCUT2D eigenvalue weighted by atomic mass is 35.5. The first-order valence-corrected chi connectivity index (χ1v) is 18.9. The Hall–Kier alpha value is -4.85. The van der Waals surface area contributed by atoms with Gasteiger partial charge in [0, 0.05) is 24.8 Å². The van der Waals surface area contributed by atoms with Gasteiger partial charge in [0.2, 0.25) is 5.91 Å². The van der Waals surface area contributed by atoms with E-state index in [0.717, 1.165) is 22.4 Å². The van der Waals surface area contributed by atoms with Gasteiger partial charge in [-0.05, 0) is 40.5 Å². The molecule has 0 unspecified atom stereocenters. The third kappa shape index (κ3) is 18.8. The van der Waals surface area contributed by atoms with Crippen molar-refractivity contribution in [1.82, 2.24) is 31.4 Å². The summed E-state index contributed by atoms with van der Waals surface area (Å²) in [4.78, 5) is 56.3. The second-order valence-corrected chi connectivity index (χ2v) is 15.9. The average molecular weight is 839 g/mol. The fourth-order valence-corrected chi connectivity index (χ4v) is 5.38. The second-order valence-electron chi connectivity index (χ2n) is 15.0. The third-order valence-corrected chi connectivity index (χ3v) is 8.21. The molecule has 0 spiro atoms. The number of alkyl carbamates (subject to hydrolysis) is 2. The van der Waals surface area contributed by atoms with Crippen LogP contribution in [0.3, 0.4) is 0 Å². The predicted molar refractivity (Wildman–Crippen MR) is 215 cm³/mol. The van der Waals surface area contributed by atoms with E-state index in [4.69, 9.17) is 27.0 Å². The molecule has 2 aromatic carbocycles. The maximum absolute atomic E-state index is 13.8. The first kappa shape index (κ1) is 50.2. The number of carbonyl (C=O) groups excluding carboxylic acids is 4. The van der Waals surface area contributed by atoms with Crippen LogP contribution in [0.5, 0.6) is 0 Å². The molecule has 3 aromatic rings. The number of nitrogens with one attached hydrogen (secondary N) is 4. The molecule has 0 aliphatic carbocycles. The summed E-state index contributed by atoms with van der Waals surface area (Å²) >= 11 is 0. The molecule has 0 radical (unpaired) electrons.